The number of carbonyl (C=O) groups is 1. The van der Waals surface area contributed by atoms with Crippen LogP contribution in [0.15, 0.2) is 36.4 Å². The fourth-order valence-corrected chi connectivity index (χ4v) is 2.62. The number of ketones is 1. The second-order valence-corrected chi connectivity index (χ2v) is 5.28. The monoisotopic (exact) mass is 285 g/mol. The molecule has 4 heteroatoms. The van der Waals surface area contributed by atoms with Gasteiger partial charge in [-0.25, -0.2) is 0 Å². The highest BCUT2D eigenvalue weighted by molar-refractivity contribution is 6.00. The van der Waals surface area contributed by atoms with Crippen LogP contribution in [0.5, 0.6) is 5.75 Å². The molecule has 4 nitrogen and oxygen atoms in total. The molecule has 1 aliphatic heterocycles. The SMILES string of the molecule is COc1ccc2cc(C(=O)CC3COCCN3)ccc2c1. The zero-order chi connectivity index (χ0) is 14.7. The normalized spacial score (nSPS) is 18.6. The number of ether oxygens (including phenoxy) is 2. The first-order valence-electron chi connectivity index (χ1n) is 7.18. The van der Waals surface area contributed by atoms with Crippen LogP contribution in [0.2, 0.25) is 0 Å². The number of methoxy groups -OCH3 is 1. The lowest BCUT2D eigenvalue weighted by Gasteiger charge is -2.23. The molecule has 0 radical (unpaired) electrons. The molecule has 2 aromatic carbocycles. The number of hydrogen-bond donors (Lipinski definition) is 1. The summed E-state index contributed by atoms with van der Waals surface area (Å²) in [5.41, 5.74) is 0.750. The van der Waals surface area contributed by atoms with Crippen molar-refractivity contribution in [1.29, 1.82) is 0 Å². The number of morpholine rings is 1. The van der Waals surface area contributed by atoms with Gasteiger partial charge in [0.1, 0.15) is 5.75 Å². The molecule has 0 bridgehead atoms. The first-order chi connectivity index (χ1) is 10.3. The molecule has 2 aromatic rings. The van der Waals surface area contributed by atoms with Crippen LogP contribution in [-0.2, 0) is 4.74 Å². The van der Waals surface area contributed by atoms with Gasteiger partial charge in [0, 0.05) is 24.6 Å². The molecule has 1 heterocycles. The van der Waals surface area contributed by atoms with E-state index in [9.17, 15) is 4.79 Å². The summed E-state index contributed by atoms with van der Waals surface area (Å²) in [6.45, 7) is 2.15. The minimum absolute atomic E-state index is 0.123. The lowest BCUT2D eigenvalue weighted by Crippen LogP contribution is -2.42. The van der Waals surface area contributed by atoms with Crippen molar-refractivity contribution in [3.63, 3.8) is 0 Å². The highest BCUT2D eigenvalue weighted by Crippen LogP contribution is 2.22. The van der Waals surface area contributed by atoms with Crippen LogP contribution in [-0.4, -0.2) is 38.7 Å². The number of carbonyl (C=O) groups excluding carboxylic acids is 1. The quantitative estimate of drug-likeness (QED) is 0.876. The van der Waals surface area contributed by atoms with Gasteiger partial charge in [0.15, 0.2) is 5.78 Å². The van der Waals surface area contributed by atoms with Crippen molar-refractivity contribution in [2.75, 3.05) is 26.9 Å². The maximum Gasteiger partial charge on any atom is 0.164 e. The Hall–Kier alpha value is -1.91. The first-order valence-corrected chi connectivity index (χ1v) is 7.18. The first kappa shape index (κ1) is 14.0. The third-order valence-electron chi connectivity index (χ3n) is 3.80. The molecule has 1 atom stereocenters. The fourth-order valence-electron chi connectivity index (χ4n) is 2.62. The van der Waals surface area contributed by atoms with Gasteiger partial charge in [-0.3, -0.25) is 4.79 Å². The molecule has 1 N–H and O–H groups in total. The van der Waals surface area contributed by atoms with Crippen molar-refractivity contribution < 1.29 is 14.3 Å². The standard InChI is InChI=1S/C17H19NO3/c1-20-16-5-4-12-8-14(3-2-13(12)9-16)17(19)10-15-11-21-7-6-18-15/h2-5,8-9,15,18H,6-7,10-11H2,1H3. The second-order valence-electron chi connectivity index (χ2n) is 5.28. The zero-order valence-electron chi connectivity index (χ0n) is 12.1. The Kier molecular flexibility index (Phi) is 4.18. The molecular formula is C17H19NO3. The number of rotatable bonds is 4. The average molecular weight is 285 g/mol. The van der Waals surface area contributed by atoms with Crippen molar-refractivity contribution in [2.45, 2.75) is 12.5 Å². The lowest BCUT2D eigenvalue weighted by molar-refractivity contribution is 0.0676. The van der Waals surface area contributed by atoms with Crippen LogP contribution in [0.3, 0.4) is 0 Å². The van der Waals surface area contributed by atoms with Crippen LogP contribution >= 0.6 is 0 Å². The summed E-state index contributed by atoms with van der Waals surface area (Å²) < 4.78 is 10.6. The van der Waals surface area contributed by atoms with Gasteiger partial charge in [-0.05, 0) is 29.0 Å². The minimum atomic E-state index is 0.123. The smallest absolute Gasteiger partial charge is 0.164 e. The van der Waals surface area contributed by atoms with Gasteiger partial charge in [0.25, 0.3) is 0 Å². The molecule has 0 spiro atoms. The molecule has 0 aliphatic carbocycles. The van der Waals surface area contributed by atoms with Crippen LogP contribution in [0.1, 0.15) is 16.8 Å². The van der Waals surface area contributed by atoms with E-state index >= 15 is 0 Å². The van der Waals surface area contributed by atoms with E-state index in [0.717, 1.165) is 35.2 Å². The van der Waals surface area contributed by atoms with E-state index in [0.29, 0.717) is 13.0 Å². The predicted octanol–water partition coefficient (Wildman–Crippen LogP) is 2.41. The third-order valence-corrected chi connectivity index (χ3v) is 3.80. The number of benzene rings is 2. The molecular weight excluding hydrogens is 266 g/mol. The van der Waals surface area contributed by atoms with Crippen molar-refractivity contribution in [1.82, 2.24) is 5.32 Å². The Morgan fingerprint density at radius 2 is 2.10 bits per heavy atom. The Morgan fingerprint density at radius 1 is 1.29 bits per heavy atom. The van der Waals surface area contributed by atoms with Gasteiger partial charge in [0.2, 0.25) is 0 Å². The Balaban J connectivity index is 1.78. The number of Topliss-reactive ketones (excluding diaryl/α,β-unsaturated/α-hetero) is 1. The van der Waals surface area contributed by atoms with Crippen LogP contribution in [0.4, 0.5) is 0 Å². The van der Waals surface area contributed by atoms with E-state index in [2.05, 4.69) is 5.32 Å². The lowest BCUT2D eigenvalue weighted by atomic mass is 10.00. The molecule has 0 saturated carbocycles. The van der Waals surface area contributed by atoms with Crippen molar-refractivity contribution in [3.05, 3.63) is 42.0 Å². The highest BCUT2D eigenvalue weighted by Gasteiger charge is 2.18. The molecule has 3 rings (SSSR count). The van der Waals surface area contributed by atoms with E-state index in [1.54, 1.807) is 7.11 Å². The largest absolute Gasteiger partial charge is 0.497 e. The van der Waals surface area contributed by atoms with Gasteiger partial charge < -0.3 is 14.8 Å². The van der Waals surface area contributed by atoms with Crippen molar-refractivity contribution in [3.8, 4) is 5.75 Å². The molecule has 1 aliphatic rings. The van der Waals surface area contributed by atoms with Crippen LogP contribution in [0, 0.1) is 0 Å². The summed E-state index contributed by atoms with van der Waals surface area (Å²) in [7, 11) is 1.65. The molecule has 1 saturated heterocycles. The summed E-state index contributed by atoms with van der Waals surface area (Å²) in [6.07, 6.45) is 0.474. The molecule has 1 unspecified atom stereocenters. The van der Waals surface area contributed by atoms with Gasteiger partial charge in [0.05, 0.1) is 20.3 Å². The predicted molar refractivity (Wildman–Crippen MR) is 82.1 cm³/mol. The molecule has 0 aromatic heterocycles. The van der Waals surface area contributed by atoms with Gasteiger partial charge in [-0.15, -0.1) is 0 Å². The van der Waals surface area contributed by atoms with E-state index in [1.807, 2.05) is 36.4 Å². The maximum atomic E-state index is 12.4. The van der Waals surface area contributed by atoms with Crippen LogP contribution < -0.4 is 10.1 Å². The second kappa shape index (κ2) is 6.24. The van der Waals surface area contributed by atoms with Gasteiger partial charge in [-0.2, -0.15) is 0 Å². The number of nitrogens with one attached hydrogen (secondary N) is 1. The number of fused-ring (bicyclic) bond motifs is 1. The van der Waals surface area contributed by atoms with Crippen molar-refractivity contribution in [2.24, 2.45) is 0 Å². The van der Waals surface area contributed by atoms with Gasteiger partial charge in [-0.1, -0.05) is 18.2 Å². The molecule has 21 heavy (non-hydrogen) atoms. The fraction of sp³-hybridized carbons (Fsp3) is 0.353. The average Bonchev–Trinajstić information content (AvgIpc) is 2.54. The van der Waals surface area contributed by atoms with E-state index in [-0.39, 0.29) is 11.8 Å². The Morgan fingerprint density at radius 3 is 2.86 bits per heavy atom. The summed E-state index contributed by atoms with van der Waals surface area (Å²) in [5, 5.41) is 5.43. The number of hydrogen-bond acceptors (Lipinski definition) is 4. The molecule has 1 fully saturated rings. The zero-order valence-corrected chi connectivity index (χ0v) is 12.1. The minimum Gasteiger partial charge on any atom is -0.497 e. The van der Waals surface area contributed by atoms with Crippen LogP contribution in [0.25, 0.3) is 10.8 Å². The summed E-state index contributed by atoms with van der Waals surface area (Å²) >= 11 is 0. The summed E-state index contributed by atoms with van der Waals surface area (Å²) in [6, 6.07) is 11.8. The van der Waals surface area contributed by atoms with E-state index in [4.69, 9.17) is 9.47 Å². The van der Waals surface area contributed by atoms with E-state index in [1.165, 1.54) is 0 Å². The van der Waals surface area contributed by atoms with E-state index < -0.39 is 0 Å². The third kappa shape index (κ3) is 3.23. The topological polar surface area (TPSA) is 47.6 Å². The Labute approximate surface area is 124 Å². The Bertz CT molecular complexity index is 648. The highest BCUT2D eigenvalue weighted by atomic mass is 16.5. The molecule has 0 amide bonds. The molecule has 110 valence electrons. The summed E-state index contributed by atoms with van der Waals surface area (Å²) in [4.78, 5) is 12.4. The summed E-state index contributed by atoms with van der Waals surface area (Å²) in [5.74, 6) is 0.973. The maximum absolute atomic E-state index is 12.4. The van der Waals surface area contributed by atoms with Gasteiger partial charge >= 0.3 is 0 Å². The van der Waals surface area contributed by atoms with Crippen molar-refractivity contribution >= 4 is 16.6 Å².